The van der Waals surface area contributed by atoms with Gasteiger partial charge in [-0.3, -0.25) is 0 Å². The van der Waals surface area contributed by atoms with E-state index in [0.717, 1.165) is 28.5 Å². The fraction of sp³-hybridized carbons (Fsp3) is 0.304. The van der Waals surface area contributed by atoms with Gasteiger partial charge in [-0.25, -0.2) is 0 Å². The van der Waals surface area contributed by atoms with Crippen molar-refractivity contribution in [3.8, 4) is 11.1 Å². The number of benzene rings is 2. The summed E-state index contributed by atoms with van der Waals surface area (Å²) < 4.78 is 0. The van der Waals surface area contributed by atoms with Crippen LogP contribution in [-0.4, -0.2) is 0 Å². The topological polar surface area (TPSA) is 0 Å². The lowest BCUT2D eigenvalue weighted by Crippen LogP contribution is -2.11. The first-order valence-corrected chi connectivity index (χ1v) is 10.6. The lowest BCUT2D eigenvalue weighted by atomic mass is 9.82. The van der Waals surface area contributed by atoms with Crippen LogP contribution >= 0.6 is 23.2 Å². The van der Waals surface area contributed by atoms with Gasteiger partial charge in [-0.05, 0) is 66.3 Å². The lowest BCUT2D eigenvalue weighted by Gasteiger charge is -2.24. The molecule has 0 radical (unpaired) electrons. The second kappa shape index (κ2) is 7.84. The summed E-state index contributed by atoms with van der Waals surface area (Å²) in [5, 5.41) is 1.51. The zero-order valence-corrected chi connectivity index (χ0v) is 18.1. The quantitative estimate of drug-likeness (QED) is 0.362. The molecule has 136 valence electrons. The normalized spacial score (nSPS) is 14.8. The molecule has 3 heteroatoms. The molecule has 0 atom stereocenters. The van der Waals surface area contributed by atoms with Crippen LogP contribution < -0.4 is 0 Å². The standard InChI is InChI=1S/C23H24Cl2S/c1-15-5-8-17(24)13-20(15)21-14-18(25)9-12-22(21)26-19-10-6-16(7-11-19)23(2,3)4/h5-6,8-10,12-14H,7,11H2,1-4H3/p+1. The molecule has 0 aromatic heterocycles. The first kappa shape index (κ1) is 19.6. The van der Waals surface area contributed by atoms with E-state index in [4.69, 9.17) is 23.2 Å². The van der Waals surface area contributed by atoms with Gasteiger partial charge in [-0.1, -0.05) is 61.7 Å². The molecule has 0 fully saturated rings. The Morgan fingerprint density at radius 3 is 2.12 bits per heavy atom. The predicted octanol–water partition coefficient (Wildman–Crippen LogP) is 7.79. The highest BCUT2D eigenvalue weighted by molar-refractivity contribution is 7.82. The van der Waals surface area contributed by atoms with Crippen molar-refractivity contribution in [1.82, 2.24) is 0 Å². The monoisotopic (exact) mass is 403 g/mol. The molecule has 1 aliphatic rings. The molecule has 0 saturated heterocycles. The predicted molar refractivity (Wildman–Crippen MR) is 119 cm³/mol. The Bertz CT molecular complexity index is 886. The van der Waals surface area contributed by atoms with Crippen molar-refractivity contribution in [2.45, 2.75) is 45.4 Å². The van der Waals surface area contributed by atoms with Gasteiger partial charge >= 0.3 is 0 Å². The Hall–Kier alpha value is -1.15. The summed E-state index contributed by atoms with van der Waals surface area (Å²) in [5.41, 5.74) is 5.32. The van der Waals surface area contributed by atoms with Crippen LogP contribution in [0.2, 0.25) is 10.0 Å². The summed E-state index contributed by atoms with van der Waals surface area (Å²) in [4.78, 5) is 2.72. The van der Waals surface area contributed by atoms with Crippen LogP contribution in [0.1, 0.15) is 39.2 Å². The fourth-order valence-corrected chi connectivity index (χ4v) is 4.69. The molecule has 1 aliphatic carbocycles. The van der Waals surface area contributed by atoms with Crippen LogP contribution in [0, 0.1) is 12.3 Å². The van der Waals surface area contributed by atoms with Crippen molar-refractivity contribution in [1.29, 1.82) is 0 Å². The van der Waals surface area contributed by atoms with E-state index in [9.17, 15) is 0 Å². The van der Waals surface area contributed by atoms with Crippen LogP contribution in [0.5, 0.6) is 0 Å². The Morgan fingerprint density at radius 1 is 0.846 bits per heavy atom. The molecule has 2 aromatic rings. The number of halogens is 2. The van der Waals surface area contributed by atoms with E-state index in [0.29, 0.717) is 0 Å². The van der Waals surface area contributed by atoms with Crippen molar-refractivity contribution in [3.63, 3.8) is 0 Å². The Balaban J connectivity index is 1.96. The highest BCUT2D eigenvalue weighted by atomic mass is 35.5. The zero-order chi connectivity index (χ0) is 18.9. The Labute approximate surface area is 171 Å². The van der Waals surface area contributed by atoms with Gasteiger partial charge in [0.2, 0.25) is 0 Å². The molecule has 0 heterocycles. The van der Waals surface area contributed by atoms with Crippen LogP contribution in [-0.2, 0) is 11.8 Å². The molecule has 2 aromatic carbocycles. The molecule has 0 saturated carbocycles. The molecular formula is C23H25Cl2S+. The summed E-state index contributed by atoms with van der Waals surface area (Å²) in [6.07, 6.45) is 6.86. The van der Waals surface area contributed by atoms with E-state index >= 15 is 0 Å². The zero-order valence-electron chi connectivity index (χ0n) is 15.7. The molecule has 0 N–H and O–H groups in total. The third-order valence-electron chi connectivity index (χ3n) is 4.80. The van der Waals surface area contributed by atoms with E-state index < -0.39 is 0 Å². The van der Waals surface area contributed by atoms with Crippen molar-refractivity contribution >= 4 is 35.0 Å². The third kappa shape index (κ3) is 4.57. The average Bonchev–Trinajstić information content (AvgIpc) is 2.58. The minimum atomic E-state index is 0.252. The third-order valence-corrected chi connectivity index (χ3v) is 6.56. The number of rotatable bonds is 3. The molecule has 0 spiro atoms. The molecule has 0 nitrogen and oxygen atoms in total. The SMILES string of the molecule is Cc1ccc(Cl)cc1-c1cc(Cl)ccc1[SH+]C1=CC=C(C(C)(C)C)CC1. The molecule has 0 bridgehead atoms. The van der Waals surface area contributed by atoms with Gasteiger partial charge in [0, 0.05) is 33.8 Å². The highest BCUT2D eigenvalue weighted by Crippen LogP contribution is 2.37. The van der Waals surface area contributed by atoms with Crippen molar-refractivity contribution in [3.05, 3.63) is 74.6 Å². The largest absolute Gasteiger partial charge is 0.165 e. The molecule has 0 amide bonds. The van der Waals surface area contributed by atoms with Crippen molar-refractivity contribution in [2.24, 2.45) is 5.41 Å². The van der Waals surface area contributed by atoms with Gasteiger partial charge in [0.05, 0.1) is 0 Å². The first-order valence-electron chi connectivity index (χ1n) is 8.92. The summed E-state index contributed by atoms with van der Waals surface area (Å²) in [6.45, 7) is 8.98. The van der Waals surface area contributed by atoms with Crippen LogP contribution in [0.15, 0.2) is 63.9 Å². The lowest BCUT2D eigenvalue weighted by molar-refractivity contribution is 0.481. The van der Waals surface area contributed by atoms with Gasteiger partial charge in [0.1, 0.15) is 4.91 Å². The summed E-state index contributed by atoms with van der Waals surface area (Å²) >= 11 is 13.8. The Kier molecular flexibility index (Phi) is 5.91. The van der Waals surface area contributed by atoms with Gasteiger partial charge < -0.3 is 0 Å². The van der Waals surface area contributed by atoms with Crippen LogP contribution in [0.25, 0.3) is 11.1 Å². The molecule has 0 aliphatic heterocycles. The Morgan fingerprint density at radius 2 is 1.50 bits per heavy atom. The molecule has 3 rings (SSSR count). The summed E-state index contributed by atoms with van der Waals surface area (Å²) in [7, 11) is 0. The smallest absolute Gasteiger partial charge is 0.0843 e. The highest BCUT2D eigenvalue weighted by Gasteiger charge is 2.23. The maximum atomic E-state index is 6.31. The van der Waals surface area contributed by atoms with E-state index in [-0.39, 0.29) is 5.41 Å². The second-order valence-electron chi connectivity index (χ2n) is 7.83. The van der Waals surface area contributed by atoms with E-state index in [1.165, 1.54) is 38.3 Å². The fourth-order valence-electron chi connectivity index (χ4n) is 3.20. The number of allylic oxidation sites excluding steroid dienone is 4. The van der Waals surface area contributed by atoms with Gasteiger partial charge in [-0.15, -0.1) is 0 Å². The summed E-state index contributed by atoms with van der Waals surface area (Å²) in [6, 6.07) is 12.2. The van der Waals surface area contributed by atoms with E-state index in [1.54, 1.807) is 0 Å². The van der Waals surface area contributed by atoms with Gasteiger partial charge in [0.25, 0.3) is 0 Å². The first-order chi connectivity index (χ1) is 12.2. The van der Waals surface area contributed by atoms with Crippen LogP contribution in [0.3, 0.4) is 0 Å². The van der Waals surface area contributed by atoms with Crippen LogP contribution in [0.4, 0.5) is 0 Å². The number of hydrogen-bond donors (Lipinski definition) is 0. The molecule has 0 unspecified atom stereocenters. The van der Waals surface area contributed by atoms with Crippen molar-refractivity contribution < 1.29 is 0 Å². The van der Waals surface area contributed by atoms with Gasteiger partial charge in [-0.2, -0.15) is 0 Å². The molecule has 26 heavy (non-hydrogen) atoms. The van der Waals surface area contributed by atoms with E-state index in [2.05, 4.69) is 58.0 Å². The maximum Gasteiger partial charge on any atom is 0.165 e. The number of hydrogen-bond acceptors (Lipinski definition) is 0. The second-order valence-corrected chi connectivity index (χ2v) is 9.99. The molecular weight excluding hydrogens is 379 g/mol. The average molecular weight is 404 g/mol. The summed E-state index contributed by atoms with van der Waals surface area (Å²) in [5.74, 6) is 0. The minimum absolute atomic E-state index is 0.252. The maximum absolute atomic E-state index is 6.31. The number of thiol groups is 1. The number of aryl methyl sites for hydroxylation is 1. The van der Waals surface area contributed by atoms with Crippen molar-refractivity contribution in [2.75, 3.05) is 0 Å². The van der Waals surface area contributed by atoms with E-state index in [1.807, 2.05) is 18.2 Å². The van der Waals surface area contributed by atoms with Gasteiger partial charge in [0.15, 0.2) is 4.90 Å². The minimum Gasteiger partial charge on any atom is -0.0843 e.